The first kappa shape index (κ1) is 13.1. The molecule has 3 N–H and O–H groups in total. The van der Waals surface area contributed by atoms with Crippen LogP contribution >= 0.6 is 11.3 Å². The third kappa shape index (κ3) is 2.55. The van der Waals surface area contributed by atoms with Crippen LogP contribution in [0, 0.1) is 0 Å². The number of primary amides is 1. The normalized spacial score (nSPS) is 31.7. The van der Waals surface area contributed by atoms with Crippen molar-refractivity contribution in [1.82, 2.24) is 10.2 Å². The number of nitrogens with two attached hydrogens (primary N) is 1. The van der Waals surface area contributed by atoms with E-state index in [0.717, 1.165) is 19.5 Å². The smallest absolute Gasteiger partial charge is 0.239 e. The van der Waals surface area contributed by atoms with Gasteiger partial charge in [0.05, 0.1) is 0 Å². The van der Waals surface area contributed by atoms with Crippen LogP contribution in [-0.2, 0) is 11.3 Å². The van der Waals surface area contributed by atoms with Gasteiger partial charge < -0.3 is 5.73 Å². The monoisotopic (exact) mass is 279 g/mol. The van der Waals surface area contributed by atoms with Gasteiger partial charge in [-0.05, 0) is 37.6 Å². The first-order chi connectivity index (χ1) is 9.11. The number of likely N-dealkylation sites (tertiary alicyclic amines) is 1. The molecule has 1 aromatic heterocycles. The molecule has 2 aliphatic rings. The highest BCUT2D eigenvalue weighted by Crippen LogP contribution is 2.37. The molecule has 1 saturated heterocycles. The lowest BCUT2D eigenvalue weighted by molar-refractivity contribution is -0.124. The summed E-state index contributed by atoms with van der Waals surface area (Å²) < 4.78 is 0. The van der Waals surface area contributed by atoms with Crippen molar-refractivity contribution in [3.8, 4) is 0 Å². The van der Waals surface area contributed by atoms with Crippen LogP contribution in [0.4, 0.5) is 0 Å². The van der Waals surface area contributed by atoms with Crippen molar-refractivity contribution in [3.05, 3.63) is 22.4 Å². The van der Waals surface area contributed by atoms with Crippen molar-refractivity contribution in [2.45, 2.75) is 50.4 Å². The predicted molar refractivity (Wildman–Crippen MR) is 76.9 cm³/mol. The van der Waals surface area contributed by atoms with Crippen LogP contribution in [0.3, 0.4) is 0 Å². The lowest BCUT2D eigenvalue weighted by Crippen LogP contribution is -2.56. The summed E-state index contributed by atoms with van der Waals surface area (Å²) in [7, 11) is 0. The quantitative estimate of drug-likeness (QED) is 0.854. The summed E-state index contributed by atoms with van der Waals surface area (Å²) in [5.41, 5.74) is 5.14. The topological polar surface area (TPSA) is 58.4 Å². The van der Waals surface area contributed by atoms with Crippen LogP contribution in [0.2, 0.25) is 0 Å². The molecule has 2 unspecified atom stereocenters. The second-order valence-corrected chi connectivity index (χ2v) is 6.87. The zero-order valence-corrected chi connectivity index (χ0v) is 12.1. The number of amides is 1. The fourth-order valence-corrected chi connectivity index (χ4v) is 3.76. The zero-order valence-electron chi connectivity index (χ0n) is 11.3. The third-order valence-electron chi connectivity index (χ3n) is 4.33. The van der Waals surface area contributed by atoms with Crippen LogP contribution in [0.5, 0.6) is 0 Å². The molecule has 0 aromatic carbocycles. The Balaban J connectivity index is 1.71. The molecule has 1 aromatic rings. The Bertz CT molecular complexity index is 457. The molecule has 1 aliphatic carbocycles. The lowest BCUT2D eigenvalue weighted by atomic mass is 9.95. The van der Waals surface area contributed by atoms with Gasteiger partial charge in [-0.15, -0.1) is 11.3 Å². The molecule has 2 heterocycles. The highest BCUT2D eigenvalue weighted by molar-refractivity contribution is 7.09. The van der Waals surface area contributed by atoms with Crippen LogP contribution < -0.4 is 11.1 Å². The van der Waals surface area contributed by atoms with Gasteiger partial charge in [0, 0.05) is 30.1 Å². The number of carbonyl (C=O) groups excluding carboxylic acids is 1. The van der Waals surface area contributed by atoms with Crippen molar-refractivity contribution in [2.24, 2.45) is 5.73 Å². The van der Waals surface area contributed by atoms with E-state index in [1.807, 2.05) is 6.07 Å². The molecule has 2 atom stereocenters. The average molecular weight is 279 g/mol. The maximum Gasteiger partial charge on any atom is 0.239 e. The largest absolute Gasteiger partial charge is 0.368 e. The minimum Gasteiger partial charge on any atom is -0.368 e. The summed E-state index contributed by atoms with van der Waals surface area (Å²) in [6, 6.07) is 5.24. The first-order valence-corrected chi connectivity index (χ1v) is 7.82. The van der Waals surface area contributed by atoms with Gasteiger partial charge in [0.1, 0.15) is 5.54 Å². The number of hydrogen-bond acceptors (Lipinski definition) is 4. The Labute approximate surface area is 118 Å². The fourth-order valence-electron chi connectivity index (χ4n) is 3.11. The van der Waals surface area contributed by atoms with Crippen molar-refractivity contribution < 1.29 is 4.79 Å². The van der Waals surface area contributed by atoms with Gasteiger partial charge in [-0.2, -0.15) is 0 Å². The summed E-state index contributed by atoms with van der Waals surface area (Å²) in [6.07, 6.45) is 3.36. The number of nitrogens with one attached hydrogen (secondary N) is 1. The van der Waals surface area contributed by atoms with Gasteiger partial charge >= 0.3 is 0 Å². The zero-order chi connectivity index (χ0) is 13.5. The molecule has 1 aliphatic heterocycles. The fraction of sp³-hybridized carbons (Fsp3) is 0.643. The highest BCUT2D eigenvalue weighted by Gasteiger charge is 2.50. The molecule has 2 fully saturated rings. The average Bonchev–Trinajstić information content (AvgIpc) is 2.96. The minimum absolute atomic E-state index is 0.209. The van der Waals surface area contributed by atoms with E-state index in [9.17, 15) is 4.79 Å². The number of carbonyl (C=O) groups is 1. The Kier molecular flexibility index (Phi) is 3.37. The van der Waals surface area contributed by atoms with Crippen LogP contribution in [0.1, 0.15) is 31.1 Å². The van der Waals surface area contributed by atoms with Crippen LogP contribution in [0.15, 0.2) is 17.5 Å². The van der Waals surface area contributed by atoms with E-state index < -0.39 is 5.54 Å². The Morgan fingerprint density at radius 1 is 1.63 bits per heavy atom. The SMILES string of the molecule is CC1CC(NCc2cccs2)(C(N)=O)CN1C1CC1. The third-order valence-corrected chi connectivity index (χ3v) is 5.21. The van der Waals surface area contributed by atoms with Gasteiger partial charge in [0.2, 0.25) is 5.91 Å². The lowest BCUT2D eigenvalue weighted by Gasteiger charge is -2.27. The Morgan fingerprint density at radius 2 is 2.42 bits per heavy atom. The summed E-state index contributed by atoms with van der Waals surface area (Å²) in [5.74, 6) is -0.209. The highest BCUT2D eigenvalue weighted by atomic mass is 32.1. The Morgan fingerprint density at radius 3 is 3.00 bits per heavy atom. The van der Waals surface area contributed by atoms with Crippen molar-refractivity contribution in [3.63, 3.8) is 0 Å². The molecule has 3 rings (SSSR count). The molecule has 4 nitrogen and oxygen atoms in total. The molecule has 19 heavy (non-hydrogen) atoms. The molecular weight excluding hydrogens is 258 g/mol. The van der Waals surface area contributed by atoms with Gasteiger partial charge in [-0.25, -0.2) is 0 Å². The van der Waals surface area contributed by atoms with Crippen molar-refractivity contribution in [2.75, 3.05) is 6.54 Å². The van der Waals surface area contributed by atoms with Gasteiger partial charge in [-0.1, -0.05) is 6.07 Å². The molecule has 104 valence electrons. The van der Waals surface area contributed by atoms with E-state index in [-0.39, 0.29) is 5.91 Å². The Hall–Kier alpha value is -0.910. The van der Waals surface area contributed by atoms with Crippen LogP contribution in [-0.4, -0.2) is 35.0 Å². The minimum atomic E-state index is -0.550. The standard InChI is InChI=1S/C14H21N3OS/c1-10-7-14(13(15)18,9-17(10)11-4-5-11)16-8-12-3-2-6-19-12/h2-3,6,10-11,16H,4-5,7-9H2,1H3,(H2,15,18). The number of thiophene rings is 1. The molecule has 1 amide bonds. The van der Waals surface area contributed by atoms with Crippen molar-refractivity contribution >= 4 is 17.2 Å². The maximum atomic E-state index is 12.0. The van der Waals surface area contributed by atoms with E-state index in [0.29, 0.717) is 12.1 Å². The molecule has 5 heteroatoms. The van der Waals surface area contributed by atoms with Gasteiger partial charge in [-0.3, -0.25) is 15.0 Å². The van der Waals surface area contributed by atoms with E-state index in [4.69, 9.17) is 5.73 Å². The molecule has 0 radical (unpaired) electrons. The van der Waals surface area contributed by atoms with Crippen LogP contribution in [0.25, 0.3) is 0 Å². The van der Waals surface area contributed by atoms with E-state index in [1.54, 1.807) is 11.3 Å². The van der Waals surface area contributed by atoms with E-state index >= 15 is 0 Å². The summed E-state index contributed by atoms with van der Waals surface area (Å²) in [6.45, 7) is 3.70. The molecule has 0 bridgehead atoms. The van der Waals surface area contributed by atoms with Gasteiger partial charge in [0.25, 0.3) is 0 Å². The predicted octanol–water partition coefficient (Wildman–Crippen LogP) is 1.32. The van der Waals surface area contributed by atoms with Gasteiger partial charge in [0.15, 0.2) is 0 Å². The molecular formula is C14H21N3OS. The van der Waals surface area contributed by atoms with Crippen molar-refractivity contribution in [1.29, 1.82) is 0 Å². The number of rotatable bonds is 5. The number of nitrogens with zero attached hydrogens (tertiary/aromatic N) is 1. The second kappa shape index (κ2) is 4.89. The molecule has 1 saturated carbocycles. The summed E-state index contributed by atoms with van der Waals surface area (Å²) >= 11 is 1.71. The molecule has 0 spiro atoms. The maximum absolute atomic E-state index is 12.0. The number of hydrogen-bond donors (Lipinski definition) is 2. The van der Waals surface area contributed by atoms with E-state index in [2.05, 4.69) is 28.6 Å². The first-order valence-electron chi connectivity index (χ1n) is 6.94. The second-order valence-electron chi connectivity index (χ2n) is 5.84. The van der Waals surface area contributed by atoms with E-state index in [1.165, 1.54) is 17.7 Å². The summed E-state index contributed by atoms with van der Waals surface area (Å²) in [5, 5.41) is 5.49. The summed E-state index contributed by atoms with van der Waals surface area (Å²) in [4.78, 5) is 15.7.